The fraction of sp³-hybridized carbons (Fsp3) is 0.316. The summed E-state index contributed by atoms with van der Waals surface area (Å²) in [5.74, 6) is 1.37. The van der Waals surface area contributed by atoms with Gasteiger partial charge in [0.15, 0.2) is 11.5 Å². The van der Waals surface area contributed by atoms with Crippen LogP contribution in [0.25, 0.3) is 0 Å². The second kappa shape index (κ2) is 8.82. The van der Waals surface area contributed by atoms with Gasteiger partial charge in [-0.1, -0.05) is 18.2 Å². The summed E-state index contributed by atoms with van der Waals surface area (Å²) in [7, 11) is 0. The van der Waals surface area contributed by atoms with E-state index in [1.165, 1.54) is 0 Å². The van der Waals surface area contributed by atoms with Crippen LogP contribution in [0.5, 0.6) is 11.5 Å². The van der Waals surface area contributed by atoms with E-state index in [1.54, 1.807) is 6.07 Å². The predicted octanol–water partition coefficient (Wildman–Crippen LogP) is 3.77. The molecule has 24 heavy (non-hydrogen) atoms. The number of nitrogens with two attached hydrogens (primary N) is 1. The summed E-state index contributed by atoms with van der Waals surface area (Å²) in [6.45, 7) is 4.90. The van der Waals surface area contributed by atoms with E-state index in [0.717, 1.165) is 17.0 Å². The van der Waals surface area contributed by atoms with Gasteiger partial charge < -0.3 is 20.5 Å². The minimum atomic E-state index is -0.0506. The molecular weight excluding hydrogens is 304 g/mol. The van der Waals surface area contributed by atoms with Crippen LogP contribution in [0.3, 0.4) is 0 Å². The molecule has 0 aliphatic heterocycles. The van der Waals surface area contributed by atoms with Crippen LogP contribution in [-0.2, 0) is 4.79 Å². The van der Waals surface area contributed by atoms with Gasteiger partial charge in [0.1, 0.15) is 0 Å². The second-order valence-electron chi connectivity index (χ2n) is 5.45. The zero-order chi connectivity index (χ0) is 17.4. The Hall–Kier alpha value is -2.69. The second-order valence-corrected chi connectivity index (χ2v) is 5.45. The molecule has 0 spiro atoms. The SMILES string of the molecule is CCOc1ccccc1OCCCC(=O)Nc1cc(N)ccc1C. The van der Waals surface area contributed by atoms with Crippen molar-refractivity contribution in [1.82, 2.24) is 0 Å². The van der Waals surface area contributed by atoms with E-state index in [1.807, 2.05) is 50.2 Å². The number of benzene rings is 2. The van der Waals surface area contributed by atoms with Gasteiger partial charge in [0.05, 0.1) is 13.2 Å². The maximum atomic E-state index is 12.0. The molecule has 0 aliphatic carbocycles. The monoisotopic (exact) mass is 328 g/mol. The number of para-hydroxylation sites is 2. The van der Waals surface area contributed by atoms with Crippen LogP contribution in [-0.4, -0.2) is 19.1 Å². The van der Waals surface area contributed by atoms with Gasteiger partial charge in [-0.05, 0) is 50.1 Å². The fourth-order valence-electron chi connectivity index (χ4n) is 2.25. The number of anilines is 2. The Kier molecular flexibility index (Phi) is 6.49. The van der Waals surface area contributed by atoms with Gasteiger partial charge in [0, 0.05) is 17.8 Å². The van der Waals surface area contributed by atoms with Crippen molar-refractivity contribution in [3.8, 4) is 11.5 Å². The van der Waals surface area contributed by atoms with Gasteiger partial charge in [-0.25, -0.2) is 0 Å². The highest BCUT2D eigenvalue weighted by Crippen LogP contribution is 2.26. The summed E-state index contributed by atoms with van der Waals surface area (Å²) < 4.78 is 11.2. The Bertz CT molecular complexity index is 686. The van der Waals surface area contributed by atoms with E-state index in [0.29, 0.717) is 37.5 Å². The number of amides is 1. The van der Waals surface area contributed by atoms with E-state index in [9.17, 15) is 4.79 Å². The zero-order valence-electron chi connectivity index (χ0n) is 14.2. The van der Waals surface area contributed by atoms with Crippen molar-refractivity contribution >= 4 is 17.3 Å². The molecule has 2 aromatic rings. The first-order valence-electron chi connectivity index (χ1n) is 8.10. The Morgan fingerprint density at radius 2 is 1.83 bits per heavy atom. The van der Waals surface area contributed by atoms with Crippen LogP contribution < -0.4 is 20.5 Å². The quantitative estimate of drug-likeness (QED) is 0.571. The van der Waals surface area contributed by atoms with Gasteiger partial charge in [-0.2, -0.15) is 0 Å². The fourth-order valence-corrected chi connectivity index (χ4v) is 2.25. The summed E-state index contributed by atoms with van der Waals surface area (Å²) in [6, 6.07) is 13.0. The number of ether oxygens (including phenoxy) is 2. The first-order valence-corrected chi connectivity index (χ1v) is 8.10. The summed E-state index contributed by atoms with van der Waals surface area (Å²) in [4.78, 5) is 12.0. The Morgan fingerprint density at radius 1 is 1.12 bits per heavy atom. The van der Waals surface area contributed by atoms with Crippen molar-refractivity contribution in [1.29, 1.82) is 0 Å². The lowest BCUT2D eigenvalue weighted by molar-refractivity contribution is -0.116. The highest BCUT2D eigenvalue weighted by molar-refractivity contribution is 5.92. The zero-order valence-corrected chi connectivity index (χ0v) is 14.2. The number of aryl methyl sites for hydroxylation is 1. The Balaban J connectivity index is 1.78. The van der Waals surface area contributed by atoms with Gasteiger partial charge >= 0.3 is 0 Å². The molecule has 0 heterocycles. The predicted molar refractivity (Wildman–Crippen MR) is 96.6 cm³/mol. The largest absolute Gasteiger partial charge is 0.490 e. The first-order chi connectivity index (χ1) is 11.6. The van der Waals surface area contributed by atoms with Crippen molar-refractivity contribution in [3.63, 3.8) is 0 Å². The third-order valence-electron chi connectivity index (χ3n) is 3.49. The maximum absolute atomic E-state index is 12.0. The first kappa shape index (κ1) is 17.7. The van der Waals surface area contributed by atoms with Crippen LogP contribution >= 0.6 is 0 Å². The normalized spacial score (nSPS) is 10.2. The molecule has 2 rings (SSSR count). The van der Waals surface area contributed by atoms with Gasteiger partial charge in [-0.15, -0.1) is 0 Å². The molecular formula is C19H24N2O3. The number of hydrogen-bond donors (Lipinski definition) is 2. The van der Waals surface area contributed by atoms with Crippen LogP contribution in [0.4, 0.5) is 11.4 Å². The molecule has 0 aliphatic rings. The van der Waals surface area contributed by atoms with Crippen molar-refractivity contribution in [2.75, 3.05) is 24.3 Å². The summed E-state index contributed by atoms with van der Waals surface area (Å²) in [5, 5.41) is 2.88. The van der Waals surface area contributed by atoms with Crippen LogP contribution in [0, 0.1) is 6.92 Å². The molecule has 0 saturated carbocycles. The topological polar surface area (TPSA) is 73.6 Å². The average Bonchev–Trinajstić information content (AvgIpc) is 2.56. The van der Waals surface area contributed by atoms with Crippen molar-refractivity contribution in [2.24, 2.45) is 0 Å². The highest BCUT2D eigenvalue weighted by Gasteiger charge is 2.07. The molecule has 128 valence electrons. The van der Waals surface area contributed by atoms with E-state index >= 15 is 0 Å². The summed E-state index contributed by atoms with van der Waals surface area (Å²) in [6.07, 6.45) is 0.999. The molecule has 0 saturated heterocycles. The molecule has 5 nitrogen and oxygen atoms in total. The minimum absolute atomic E-state index is 0.0506. The molecule has 0 aromatic heterocycles. The van der Waals surface area contributed by atoms with Gasteiger partial charge in [0.2, 0.25) is 5.91 Å². The Labute approximate surface area is 142 Å². The molecule has 5 heteroatoms. The summed E-state index contributed by atoms with van der Waals surface area (Å²) >= 11 is 0. The number of hydrogen-bond acceptors (Lipinski definition) is 4. The smallest absolute Gasteiger partial charge is 0.224 e. The van der Waals surface area contributed by atoms with Crippen molar-refractivity contribution in [3.05, 3.63) is 48.0 Å². The number of nitrogens with one attached hydrogen (secondary N) is 1. The third kappa shape index (κ3) is 5.19. The van der Waals surface area contributed by atoms with Gasteiger partial charge in [-0.3, -0.25) is 4.79 Å². The molecule has 2 aromatic carbocycles. The third-order valence-corrected chi connectivity index (χ3v) is 3.49. The summed E-state index contributed by atoms with van der Waals surface area (Å²) in [5.41, 5.74) is 8.11. The number of rotatable bonds is 8. The standard InChI is InChI=1S/C19H24N2O3/c1-3-23-17-7-4-5-8-18(17)24-12-6-9-19(22)21-16-13-15(20)11-10-14(16)2/h4-5,7-8,10-11,13H,3,6,9,12,20H2,1-2H3,(H,21,22). The number of carbonyl (C=O) groups is 1. The molecule has 0 radical (unpaired) electrons. The number of carbonyl (C=O) groups excluding carboxylic acids is 1. The van der Waals surface area contributed by atoms with Crippen LogP contribution in [0.15, 0.2) is 42.5 Å². The highest BCUT2D eigenvalue weighted by atomic mass is 16.5. The van der Waals surface area contributed by atoms with E-state index in [-0.39, 0.29) is 5.91 Å². The molecule has 0 atom stereocenters. The molecule has 1 amide bonds. The van der Waals surface area contributed by atoms with E-state index < -0.39 is 0 Å². The van der Waals surface area contributed by atoms with Crippen LogP contribution in [0.2, 0.25) is 0 Å². The average molecular weight is 328 g/mol. The van der Waals surface area contributed by atoms with Gasteiger partial charge in [0.25, 0.3) is 0 Å². The molecule has 0 unspecified atom stereocenters. The maximum Gasteiger partial charge on any atom is 0.224 e. The molecule has 0 fully saturated rings. The number of nitrogen functional groups attached to an aromatic ring is 1. The van der Waals surface area contributed by atoms with Crippen molar-refractivity contribution in [2.45, 2.75) is 26.7 Å². The van der Waals surface area contributed by atoms with E-state index in [2.05, 4.69) is 5.32 Å². The Morgan fingerprint density at radius 3 is 2.54 bits per heavy atom. The van der Waals surface area contributed by atoms with E-state index in [4.69, 9.17) is 15.2 Å². The minimum Gasteiger partial charge on any atom is -0.490 e. The lowest BCUT2D eigenvalue weighted by Crippen LogP contribution is -2.14. The van der Waals surface area contributed by atoms with Crippen LogP contribution in [0.1, 0.15) is 25.3 Å². The van der Waals surface area contributed by atoms with Crippen molar-refractivity contribution < 1.29 is 14.3 Å². The lowest BCUT2D eigenvalue weighted by Gasteiger charge is -2.12. The molecule has 0 bridgehead atoms. The molecule has 3 N–H and O–H groups in total. The lowest BCUT2D eigenvalue weighted by atomic mass is 10.1.